The van der Waals surface area contributed by atoms with Crippen molar-refractivity contribution in [3.8, 4) is 17.2 Å². The van der Waals surface area contributed by atoms with E-state index in [0.29, 0.717) is 11.5 Å². The van der Waals surface area contributed by atoms with Crippen LogP contribution in [0.3, 0.4) is 0 Å². The summed E-state index contributed by atoms with van der Waals surface area (Å²) in [6, 6.07) is 10.3. The standard InChI is InChI=1S/C19H19F3O3/c1-3-5-14-8-9-17(18(12-14)23-2)25-11-10-24-16-7-4-6-15(13-16)19(20,21)22/h3-4,6-9,12-13H,1,5,10-11H2,2H3. The minimum Gasteiger partial charge on any atom is -0.493 e. The molecule has 0 atom stereocenters. The molecule has 0 fully saturated rings. The maximum Gasteiger partial charge on any atom is 0.416 e. The number of hydrogen-bond acceptors (Lipinski definition) is 3. The number of allylic oxidation sites excluding steroid dienone is 1. The zero-order valence-corrected chi connectivity index (χ0v) is 13.8. The van der Waals surface area contributed by atoms with Crippen molar-refractivity contribution in [3.63, 3.8) is 0 Å². The van der Waals surface area contributed by atoms with Crippen molar-refractivity contribution in [3.05, 3.63) is 66.2 Å². The van der Waals surface area contributed by atoms with Gasteiger partial charge in [0.05, 0.1) is 12.7 Å². The summed E-state index contributed by atoms with van der Waals surface area (Å²) in [5.41, 5.74) is 0.296. The molecule has 134 valence electrons. The Labute approximate surface area is 144 Å². The quantitative estimate of drug-likeness (QED) is 0.500. The van der Waals surface area contributed by atoms with E-state index in [0.717, 1.165) is 24.1 Å². The van der Waals surface area contributed by atoms with Gasteiger partial charge in [0, 0.05) is 0 Å². The molecular formula is C19H19F3O3. The summed E-state index contributed by atoms with van der Waals surface area (Å²) in [7, 11) is 1.54. The SMILES string of the molecule is C=CCc1ccc(OCCOc2cccc(C(F)(F)F)c2)c(OC)c1. The van der Waals surface area contributed by atoms with Crippen molar-refractivity contribution in [2.45, 2.75) is 12.6 Å². The molecule has 2 aromatic rings. The maximum atomic E-state index is 12.6. The second-order valence-electron chi connectivity index (χ2n) is 5.20. The van der Waals surface area contributed by atoms with Gasteiger partial charge in [-0.2, -0.15) is 13.2 Å². The van der Waals surface area contributed by atoms with E-state index >= 15 is 0 Å². The van der Waals surface area contributed by atoms with Gasteiger partial charge in [0.2, 0.25) is 0 Å². The molecule has 2 aromatic carbocycles. The Bertz CT molecular complexity index is 711. The van der Waals surface area contributed by atoms with Crippen molar-refractivity contribution in [1.82, 2.24) is 0 Å². The smallest absolute Gasteiger partial charge is 0.416 e. The van der Waals surface area contributed by atoms with Gasteiger partial charge >= 0.3 is 6.18 Å². The second-order valence-corrected chi connectivity index (χ2v) is 5.20. The highest BCUT2D eigenvalue weighted by Crippen LogP contribution is 2.31. The van der Waals surface area contributed by atoms with Crippen LogP contribution in [0.2, 0.25) is 0 Å². The van der Waals surface area contributed by atoms with Gasteiger partial charge < -0.3 is 14.2 Å². The normalized spacial score (nSPS) is 11.0. The molecular weight excluding hydrogens is 333 g/mol. The maximum absolute atomic E-state index is 12.6. The topological polar surface area (TPSA) is 27.7 Å². The zero-order chi connectivity index (χ0) is 18.3. The summed E-state index contributed by atoms with van der Waals surface area (Å²) in [5, 5.41) is 0. The molecule has 0 unspecified atom stereocenters. The molecule has 0 N–H and O–H groups in total. The summed E-state index contributed by atoms with van der Waals surface area (Å²) in [5.74, 6) is 1.27. The number of alkyl halides is 3. The Morgan fingerprint density at radius 1 is 1.00 bits per heavy atom. The van der Waals surface area contributed by atoms with Gasteiger partial charge in [-0.25, -0.2) is 0 Å². The van der Waals surface area contributed by atoms with Gasteiger partial charge in [-0.1, -0.05) is 18.2 Å². The lowest BCUT2D eigenvalue weighted by Gasteiger charge is -2.13. The summed E-state index contributed by atoms with van der Waals surface area (Å²) in [6.07, 6.45) is -1.88. The van der Waals surface area contributed by atoms with E-state index < -0.39 is 11.7 Å². The van der Waals surface area contributed by atoms with Gasteiger partial charge in [0.25, 0.3) is 0 Å². The molecule has 0 saturated carbocycles. The number of rotatable bonds is 8. The number of hydrogen-bond donors (Lipinski definition) is 0. The summed E-state index contributed by atoms with van der Waals surface area (Å²) < 4.78 is 54.1. The van der Waals surface area contributed by atoms with Gasteiger partial charge in [0.15, 0.2) is 11.5 Å². The first-order valence-corrected chi connectivity index (χ1v) is 7.64. The first kappa shape index (κ1) is 18.7. The summed E-state index contributed by atoms with van der Waals surface area (Å²) in [4.78, 5) is 0. The van der Waals surface area contributed by atoms with E-state index in [2.05, 4.69) is 6.58 Å². The van der Waals surface area contributed by atoms with Crippen LogP contribution >= 0.6 is 0 Å². The van der Waals surface area contributed by atoms with Crippen LogP contribution in [0.1, 0.15) is 11.1 Å². The molecule has 3 nitrogen and oxygen atoms in total. The van der Waals surface area contributed by atoms with Crippen LogP contribution in [0.15, 0.2) is 55.1 Å². The van der Waals surface area contributed by atoms with E-state index in [4.69, 9.17) is 14.2 Å². The first-order chi connectivity index (χ1) is 11.9. The van der Waals surface area contributed by atoms with Gasteiger partial charge in [-0.15, -0.1) is 6.58 Å². The van der Waals surface area contributed by atoms with E-state index in [9.17, 15) is 13.2 Å². The fourth-order valence-corrected chi connectivity index (χ4v) is 2.20. The molecule has 2 rings (SSSR count). The van der Waals surface area contributed by atoms with Gasteiger partial charge in [-0.05, 0) is 42.3 Å². The van der Waals surface area contributed by atoms with E-state index in [1.165, 1.54) is 12.1 Å². The molecule has 0 aromatic heterocycles. The Balaban J connectivity index is 1.90. The third-order valence-electron chi connectivity index (χ3n) is 3.38. The fraction of sp³-hybridized carbons (Fsp3) is 0.263. The first-order valence-electron chi connectivity index (χ1n) is 7.64. The third kappa shape index (κ3) is 5.45. The van der Waals surface area contributed by atoms with Crippen molar-refractivity contribution < 1.29 is 27.4 Å². The molecule has 25 heavy (non-hydrogen) atoms. The molecule has 0 aliphatic carbocycles. The van der Waals surface area contributed by atoms with Crippen molar-refractivity contribution >= 4 is 0 Å². The molecule has 0 radical (unpaired) electrons. The third-order valence-corrected chi connectivity index (χ3v) is 3.38. The van der Waals surface area contributed by atoms with Crippen molar-refractivity contribution in [1.29, 1.82) is 0 Å². The number of halogens is 3. The highest BCUT2D eigenvalue weighted by molar-refractivity contribution is 5.43. The van der Waals surface area contributed by atoms with Crippen LogP contribution in [-0.4, -0.2) is 20.3 Å². The number of methoxy groups -OCH3 is 1. The van der Waals surface area contributed by atoms with Crippen LogP contribution in [0.5, 0.6) is 17.2 Å². The van der Waals surface area contributed by atoms with Crippen LogP contribution in [-0.2, 0) is 12.6 Å². The van der Waals surface area contributed by atoms with E-state index in [-0.39, 0.29) is 19.0 Å². The van der Waals surface area contributed by atoms with Crippen LogP contribution in [0.25, 0.3) is 0 Å². The average Bonchev–Trinajstić information content (AvgIpc) is 2.59. The minimum absolute atomic E-state index is 0.110. The van der Waals surface area contributed by atoms with Crippen LogP contribution in [0, 0.1) is 0 Å². The van der Waals surface area contributed by atoms with Crippen LogP contribution in [0.4, 0.5) is 13.2 Å². The molecule has 0 amide bonds. The Kier molecular flexibility index (Phi) is 6.33. The van der Waals surface area contributed by atoms with Gasteiger partial charge in [-0.3, -0.25) is 0 Å². The highest BCUT2D eigenvalue weighted by Gasteiger charge is 2.30. The number of benzene rings is 2. The molecule has 0 spiro atoms. The minimum atomic E-state index is -4.39. The lowest BCUT2D eigenvalue weighted by Crippen LogP contribution is -2.10. The lowest BCUT2D eigenvalue weighted by atomic mass is 10.1. The van der Waals surface area contributed by atoms with Crippen molar-refractivity contribution in [2.24, 2.45) is 0 Å². The lowest BCUT2D eigenvalue weighted by molar-refractivity contribution is -0.137. The largest absolute Gasteiger partial charge is 0.493 e. The fourth-order valence-electron chi connectivity index (χ4n) is 2.20. The molecule has 0 aliphatic rings. The molecule has 0 heterocycles. The second kappa shape index (κ2) is 8.46. The molecule has 6 heteroatoms. The summed E-state index contributed by atoms with van der Waals surface area (Å²) >= 11 is 0. The summed E-state index contributed by atoms with van der Waals surface area (Å²) in [6.45, 7) is 3.97. The number of ether oxygens (including phenoxy) is 3. The van der Waals surface area contributed by atoms with Gasteiger partial charge in [0.1, 0.15) is 19.0 Å². The molecule has 0 bridgehead atoms. The Morgan fingerprint density at radius 3 is 2.44 bits per heavy atom. The Hall–Kier alpha value is -2.63. The monoisotopic (exact) mass is 352 g/mol. The molecule has 0 saturated heterocycles. The predicted molar refractivity (Wildman–Crippen MR) is 89.3 cm³/mol. The van der Waals surface area contributed by atoms with Crippen LogP contribution < -0.4 is 14.2 Å². The zero-order valence-electron chi connectivity index (χ0n) is 13.8. The van der Waals surface area contributed by atoms with E-state index in [1.807, 2.05) is 12.1 Å². The Morgan fingerprint density at radius 2 is 1.76 bits per heavy atom. The van der Waals surface area contributed by atoms with E-state index in [1.54, 1.807) is 19.3 Å². The average molecular weight is 352 g/mol. The predicted octanol–water partition coefficient (Wildman–Crippen LogP) is 4.90. The molecule has 0 aliphatic heterocycles. The van der Waals surface area contributed by atoms with Crippen molar-refractivity contribution in [2.75, 3.05) is 20.3 Å². The highest BCUT2D eigenvalue weighted by atomic mass is 19.4.